The van der Waals surface area contributed by atoms with Crippen LogP contribution in [0.25, 0.3) is 5.76 Å². The number of allylic oxidation sites excluding steroid dienone is 2. The molecule has 2 aliphatic rings. The van der Waals surface area contributed by atoms with Crippen molar-refractivity contribution in [2.24, 2.45) is 5.73 Å². The summed E-state index contributed by atoms with van der Waals surface area (Å²) in [7, 11) is -2.58. The van der Waals surface area contributed by atoms with Gasteiger partial charge in [-0.15, -0.1) is 0 Å². The summed E-state index contributed by atoms with van der Waals surface area (Å²) < 4.78 is 40.8. The Labute approximate surface area is 197 Å². The van der Waals surface area contributed by atoms with Gasteiger partial charge in [-0.25, -0.2) is 8.42 Å². The number of hydrogen-bond acceptors (Lipinski definition) is 7. The maximum atomic E-state index is 14.2. The number of nitrogens with zero attached hydrogens (tertiary/aromatic N) is 3. The first kappa shape index (κ1) is 21.6. The maximum Gasteiger partial charge on any atom is 0.265 e. The molecule has 1 atom stereocenters. The quantitative estimate of drug-likeness (QED) is 0.616. The molecule has 0 amide bonds. The zero-order valence-corrected chi connectivity index (χ0v) is 19.0. The molecule has 9 heteroatoms. The molecule has 3 heterocycles. The number of anilines is 1. The number of methoxy groups -OCH3 is 1. The molecule has 0 spiro atoms. The zero-order valence-electron chi connectivity index (χ0n) is 18.2. The topological polar surface area (TPSA) is 119 Å². The number of nitriles is 1. The van der Waals surface area contributed by atoms with Crippen molar-refractivity contribution in [3.63, 3.8) is 0 Å². The highest BCUT2D eigenvalue weighted by Crippen LogP contribution is 2.51. The van der Waals surface area contributed by atoms with Crippen LogP contribution < -0.4 is 14.8 Å². The number of sulfonamides is 1. The van der Waals surface area contributed by atoms with Crippen molar-refractivity contribution in [1.82, 2.24) is 4.98 Å². The van der Waals surface area contributed by atoms with Crippen molar-refractivity contribution in [3.05, 3.63) is 106 Å². The molecule has 170 valence electrons. The van der Waals surface area contributed by atoms with Gasteiger partial charge in [0.15, 0.2) is 5.76 Å². The summed E-state index contributed by atoms with van der Waals surface area (Å²) >= 11 is 0. The lowest BCUT2D eigenvalue weighted by molar-refractivity contribution is 0.357. The molecule has 0 unspecified atom stereocenters. The minimum atomic E-state index is -4.14. The van der Waals surface area contributed by atoms with Crippen molar-refractivity contribution in [3.8, 4) is 11.8 Å². The molecule has 0 aliphatic carbocycles. The van der Waals surface area contributed by atoms with E-state index in [2.05, 4.69) is 4.98 Å². The molecule has 8 nitrogen and oxygen atoms in total. The lowest BCUT2D eigenvalue weighted by Crippen LogP contribution is -2.39. The van der Waals surface area contributed by atoms with Gasteiger partial charge in [0, 0.05) is 18.0 Å². The van der Waals surface area contributed by atoms with Crippen LogP contribution in [-0.4, -0.2) is 20.5 Å². The molecule has 0 fully saturated rings. The third-order valence-corrected chi connectivity index (χ3v) is 7.72. The molecular weight excluding hydrogens is 452 g/mol. The Balaban J connectivity index is 1.74. The van der Waals surface area contributed by atoms with Gasteiger partial charge in [-0.1, -0.05) is 30.3 Å². The van der Waals surface area contributed by atoms with E-state index in [9.17, 15) is 13.7 Å². The Hall–Kier alpha value is -4.29. The van der Waals surface area contributed by atoms with Crippen molar-refractivity contribution in [2.75, 3.05) is 11.4 Å². The van der Waals surface area contributed by atoms with Crippen LogP contribution in [0.1, 0.15) is 22.6 Å². The summed E-state index contributed by atoms with van der Waals surface area (Å²) in [5.74, 6) is -0.324. The van der Waals surface area contributed by atoms with Gasteiger partial charge in [-0.05, 0) is 41.5 Å². The van der Waals surface area contributed by atoms with E-state index in [4.69, 9.17) is 15.2 Å². The Morgan fingerprint density at radius 3 is 2.74 bits per heavy atom. The lowest BCUT2D eigenvalue weighted by atomic mass is 9.89. The van der Waals surface area contributed by atoms with E-state index in [1.54, 1.807) is 67.9 Å². The monoisotopic (exact) mass is 472 g/mol. The summed E-state index contributed by atoms with van der Waals surface area (Å²) in [5, 5.41) is 9.87. The summed E-state index contributed by atoms with van der Waals surface area (Å²) in [6.45, 7) is 0.0637. The van der Waals surface area contributed by atoms with E-state index in [0.717, 1.165) is 5.56 Å². The third kappa shape index (κ3) is 3.36. The SMILES string of the molecule is COc1cccc(CN2c3ccccc3C3=C([C@@H](c4cccnc4)C(C#N)=C(N)O3)S2(=O)=O)c1. The molecule has 0 radical (unpaired) electrons. The number of pyridine rings is 1. The maximum absolute atomic E-state index is 14.2. The Morgan fingerprint density at radius 2 is 2.00 bits per heavy atom. The number of nitrogens with two attached hydrogens (primary N) is 1. The fourth-order valence-electron chi connectivity index (χ4n) is 4.30. The number of fused-ring (bicyclic) bond motifs is 2. The van der Waals surface area contributed by atoms with E-state index < -0.39 is 15.9 Å². The van der Waals surface area contributed by atoms with Gasteiger partial charge < -0.3 is 15.2 Å². The van der Waals surface area contributed by atoms with Crippen molar-refractivity contribution in [1.29, 1.82) is 5.26 Å². The molecule has 0 bridgehead atoms. The van der Waals surface area contributed by atoms with Crippen LogP contribution in [0.15, 0.2) is 89.4 Å². The number of para-hydroxylation sites is 1. The van der Waals surface area contributed by atoms with Crippen LogP contribution in [0, 0.1) is 11.3 Å². The molecular formula is C25H20N4O4S. The van der Waals surface area contributed by atoms with Gasteiger partial charge in [0.25, 0.3) is 10.0 Å². The number of benzene rings is 2. The normalized spacial score (nSPS) is 18.5. The highest BCUT2D eigenvalue weighted by atomic mass is 32.2. The van der Waals surface area contributed by atoms with Crippen LogP contribution in [0.5, 0.6) is 5.75 Å². The highest BCUT2D eigenvalue weighted by Gasteiger charge is 2.47. The van der Waals surface area contributed by atoms with E-state index >= 15 is 0 Å². The van der Waals surface area contributed by atoms with Gasteiger partial charge in [-0.3, -0.25) is 9.29 Å². The molecule has 2 aromatic carbocycles. The Kier molecular flexibility index (Phi) is 5.23. The second-order valence-electron chi connectivity index (χ2n) is 7.78. The Morgan fingerprint density at radius 1 is 1.18 bits per heavy atom. The number of rotatable bonds is 4. The number of aromatic nitrogens is 1. The molecule has 2 aliphatic heterocycles. The minimum absolute atomic E-state index is 0.0241. The van der Waals surface area contributed by atoms with Gasteiger partial charge in [0.05, 0.1) is 25.3 Å². The summed E-state index contributed by atoms with van der Waals surface area (Å²) in [4.78, 5) is 4.10. The Bertz CT molecular complexity index is 1490. The van der Waals surface area contributed by atoms with Crippen LogP contribution in [0.4, 0.5) is 5.69 Å². The summed E-state index contributed by atoms with van der Waals surface area (Å²) in [5.41, 5.74) is 8.45. The van der Waals surface area contributed by atoms with E-state index in [1.165, 1.54) is 10.5 Å². The molecule has 2 N–H and O–H groups in total. The molecule has 3 aromatic rings. The first-order valence-corrected chi connectivity index (χ1v) is 11.9. The van der Waals surface area contributed by atoms with Gasteiger partial charge in [0.1, 0.15) is 22.3 Å². The average molecular weight is 473 g/mol. The van der Waals surface area contributed by atoms with Crippen molar-refractivity contribution >= 4 is 21.5 Å². The number of hydrogen-bond donors (Lipinski definition) is 1. The lowest BCUT2D eigenvalue weighted by Gasteiger charge is -2.38. The van der Waals surface area contributed by atoms with E-state index in [0.29, 0.717) is 22.6 Å². The van der Waals surface area contributed by atoms with Gasteiger partial charge >= 0.3 is 0 Å². The zero-order chi connectivity index (χ0) is 23.9. The van der Waals surface area contributed by atoms with Crippen molar-refractivity contribution < 1.29 is 17.9 Å². The van der Waals surface area contributed by atoms with Crippen LogP contribution >= 0.6 is 0 Å². The second-order valence-corrected chi connectivity index (χ2v) is 9.62. The molecule has 0 saturated carbocycles. The standard InChI is InChI=1S/C25H20N4O4S/c1-32-18-8-4-6-16(12-18)15-29-21-10-3-2-9-19(21)23-24(34(29,30)31)22(17-7-5-11-28-14-17)20(13-26)25(27)33-23/h2-12,14,22H,15,27H2,1H3/t22-/m0/s1. The summed E-state index contributed by atoms with van der Waals surface area (Å²) in [6, 6.07) is 19.7. The van der Waals surface area contributed by atoms with Gasteiger partial charge in [0.2, 0.25) is 5.88 Å². The van der Waals surface area contributed by atoms with Crippen LogP contribution in [0.2, 0.25) is 0 Å². The minimum Gasteiger partial charge on any atom is -0.497 e. The van der Waals surface area contributed by atoms with Crippen molar-refractivity contribution in [2.45, 2.75) is 12.5 Å². The number of ether oxygens (including phenoxy) is 2. The van der Waals surface area contributed by atoms with Crippen LogP contribution in [0.3, 0.4) is 0 Å². The molecule has 5 rings (SSSR count). The molecule has 0 saturated heterocycles. The fraction of sp³-hybridized carbons (Fsp3) is 0.120. The first-order valence-electron chi connectivity index (χ1n) is 10.4. The summed E-state index contributed by atoms with van der Waals surface area (Å²) in [6.07, 6.45) is 3.12. The highest BCUT2D eigenvalue weighted by molar-refractivity contribution is 7.96. The average Bonchev–Trinajstić information content (AvgIpc) is 2.86. The third-order valence-electron chi connectivity index (χ3n) is 5.84. The van der Waals surface area contributed by atoms with Crippen LogP contribution in [-0.2, 0) is 21.3 Å². The smallest absolute Gasteiger partial charge is 0.265 e. The predicted molar refractivity (Wildman–Crippen MR) is 126 cm³/mol. The fourth-order valence-corrected chi connectivity index (χ4v) is 6.21. The first-order chi connectivity index (χ1) is 16.5. The predicted octanol–water partition coefficient (Wildman–Crippen LogP) is 3.62. The van der Waals surface area contributed by atoms with Gasteiger partial charge in [-0.2, -0.15) is 5.26 Å². The van der Waals surface area contributed by atoms with E-state index in [-0.39, 0.29) is 28.7 Å². The second kappa shape index (κ2) is 8.24. The largest absolute Gasteiger partial charge is 0.497 e. The molecule has 34 heavy (non-hydrogen) atoms. The molecule has 1 aromatic heterocycles. The van der Waals surface area contributed by atoms with E-state index in [1.807, 2.05) is 12.1 Å².